The van der Waals surface area contributed by atoms with E-state index in [2.05, 4.69) is 44.1 Å². The highest BCUT2D eigenvalue weighted by molar-refractivity contribution is 5.40. The quantitative estimate of drug-likeness (QED) is 0.932. The standard InChI is InChI=1S/C18H24N2O/c1-4-14(3)20-10-8-16(19-20)12-18(21)9-7-15-6-5-13(2)11-17(15)18/h5-6,8,10-11,14,21H,4,7,9,12H2,1-3H3. The highest BCUT2D eigenvalue weighted by Gasteiger charge is 2.37. The molecule has 2 aromatic rings. The van der Waals surface area contributed by atoms with Crippen molar-refractivity contribution in [1.29, 1.82) is 0 Å². The van der Waals surface area contributed by atoms with Gasteiger partial charge in [0.2, 0.25) is 0 Å². The molecule has 112 valence electrons. The van der Waals surface area contributed by atoms with Gasteiger partial charge in [-0.2, -0.15) is 5.10 Å². The van der Waals surface area contributed by atoms with Gasteiger partial charge in [0.05, 0.1) is 11.3 Å². The van der Waals surface area contributed by atoms with Crippen molar-refractivity contribution >= 4 is 0 Å². The van der Waals surface area contributed by atoms with Gasteiger partial charge in [-0.05, 0) is 50.3 Å². The Balaban J connectivity index is 1.86. The van der Waals surface area contributed by atoms with Crippen LogP contribution in [0.1, 0.15) is 55.1 Å². The molecule has 0 fully saturated rings. The predicted molar refractivity (Wildman–Crippen MR) is 84.3 cm³/mol. The van der Waals surface area contributed by atoms with Gasteiger partial charge in [-0.15, -0.1) is 0 Å². The lowest BCUT2D eigenvalue weighted by Gasteiger charge is -2.23. The van der Waals surface area contributed by atoms with Crippen LogP contribution >= 0.6 is 0 Å². The van der Waals surface area contributed by atoms with Gasteiger partial charge in [-0.1, -0.05) is 30.7 Å². The smallest absolute Gasteiger partial charge is 0.0958 e. The first-order chi connectivity index (χ1) is 10.0. The molecule has 21 heavy (non-hydrogen) atoms. The van der Waals surface area contributed by atoms with Crippen LogP contribution in [0.2, 0.25) is 0 Å². The largest absolute Gasteiger partial charge is 0.385 e. The average Bonchev–Trinajstić information content (AvgIpc) is 3.04. The number of hydrogen-bond donors (Lipinski definition) is 1. The Bertz CT molecular complexity index is 646. The fourth-order valence-corrected chi connectivity index (χ4v) is 3.21. The summed E-state index contributed by atoms with van der Waals surface area (Å²) in [4.78, 5) is 0. The zero-order valence-electron chi connectivity index (χ0n) is 13.1. The third kappa shape index (κ3) is 2.62. The number of hydrogen-bond acceptors (Lipinski definition) is 2. The molecule has 1 aliphatic rings. The number of aromatic nitrogens is 2. The lowest BCUT2D eigenvalue weighted by Crippen LogP contribution is -2.26. The Labute approximate surface area is 126 Å². The fourth-order valence-electron chi connectivity index (χ4n) is 3.21. The molecule has 1 aromatic carbocycles. The second-order valence-corrected chi connectivity index (χ2v) is 6.41. The summed E-state index contributed by atoms with van der Waals surface area (Å²) in [6, 6.07) is 8.86. The molecule has 0 spiro atoms. The minimum absolute atomic E-state index is 0.409. The molecule has 0 amide bonds. The molecule has 3 rings (SSSR count). The molecule has 2 atom stereocenters. The minimum atomic E-state index is -0.754. The molecule has 0 saturated carbocycles. The van der Waals surface area contributed by atoms with E-state index in [1.807, 2.05) is 16.9 Å². The van der Waals surface area contributed by atoms with Gasteiger partial charge in [0.15, 0.2) is 0 Å². The number of fused-ring (bicyclic) bond motifs is 1. The molecule has 0 radical (unpaired) electrons. The zero-order chi connectivity index (χ0) is 15.0. The molecule has 1 heterocycles. The average molecular weight is 284 g/mol. The lowest BCUT2D eigenvalue weighted by molar-refractivity contribution is 0.0377. The minimum Gasteiger partial charge on any atom is -0.385 e. The van der Waals surface area contributed by atoms with E-state index < -0.39 is 5.60 Å². The van der Waals surface area contributed by atoms with Crippen molar-refractivity contribution in [2.75, 3.05) is 0 Å². The van der Waals surface area contributed by atoms with Gasteiger partial charge < -0.3 is 5.11 Å². The van der Waals surface area contributed by atoms with Crippen LogP contribution in [0.5, 0.6) is 0 Å². The normalized spacial score (nSPS) is 22.3. The third-order valence-electron chi connectivity index (χ3n) is 4.75. The van der Waals surface area contributed by atoms with Gasteiger partial charge in [-0.3, -0.25) is 4.68 Å². The molecule has 0 aliphatic heterocycles. The van der Waals surface area contributed by atoms with E-state index >= 15 is 0 Å². The summed E-state index contributed by atoms with van der Waals surface area (Å²) in [5, 5.41) is 15.7. The van der Waals surface area contributed by atoms with Gasteiger partial charge in [0.1, 0.15) is 0 Å². The van der Waals surface area contributed by atoms with E-state index in [1.165, 1.54) is 11.1 Å². The monoisotopic (exact) mass is 284 g/mol. The van der Waals surface area contributed by atoms with Crippen LogP contribution < -0.4 is 0 Å². The second kappa shape index (κ2) is 5.30. The van der Waals surface area contributed by atoms with Crippen LogP contribution in [-0.2, 0) is 18.4 Å². The lowest BCUT2D eigenvalue weighted by atomic mass is 9.90. The van der Waals surface area contributed by atoms with Crippen molar-refractivity contribution in [3.63, 3.8) is 0 Å². The first-order valence-corrected chi connectivity index (χ1v) is 7.88. The molecule has 1 N–H and O–H groups in total. The van der Waals surface area contributed by atoms with Crippen molar-refractivity contribution in [3.8, 4) is 0 Å². The number of benzene rings is 1. The van der Waals surface area contributed by atoms with E-state index in [9.17, 15) is 5.11 Å². The highest BCUT2D eigenvalue weighted by Crippen LogP contribution is 2.39. The van der Waals surface area contributed by atoms with E-state index in [0.717, 1.165) is 30.5 Å². The summed E-state index contributed by atoms with van der Waals surface area (Å²) in [7, 11) is 0. The number of aliphatic hydroxyl groups is 1. The summed E-state index contributed by atoms with van der Waals surface area (Å²) in [5.41, 5.74) is 3.81. The van der Waals surface area contributed by atoms with Crippen LogP contribution in [0, 0.1) is 6.92 Å². The molecular formula is C18H24N2O. The summed E-state index contributed by atoms with van der Waals surface area (Å²) >= 11 is 0. The Kier molecular flexibility index (Phi) is 3.62. The number of rotatable bonds is 4. The van der Waals surface area contributed by atoms with Gasteiger partial charge >= 0.3 is 0 Å². The Morgan fingerprint density at radius 3 is 2.95 bits per heavy atom. The van der Waals surface area contributed by atoms with Gasteiger partial charge in [0, 0.05) is 18.7 Å². The van der Waals surface area contributed by atoms with Crippen molar-refractivity contribution in [1.82, 2.24) is 9.78 Å². The van der Waals surface area contributed by atoms with Crippen molar-refractivity contribution in [2.24, 2.45) is 0 Å². The molecular weight excluding hydrogens is 260 g/mol. The number of nitrogens with zero attached hydrogens (tertiary/aromatic N) is 2. The van der Waals surface area contributed by atoms with Crippen LogP contribution in [0.4, 0.5) is 0 Å². The molecule has 3 nitrogen and oxygen atoms in total. The van der Waals surface area contributed by atoms with E-state index in [-0.39, 0.29) is 0 Å². The fraction of sp³-hybridized carbons (Fsp3) is 0.500. The third-order valence-corrected chi connectivity index (χ3v) is 4.75. The van der Waals surface area contributed by atoms with Crippen LogP contribution in [-0.4, -0.2) is 14.9 Å². The molecule has 1 aromatic heterocycles. The second-order valence-electron chi connectivity index (χ2n) is 6.41. The first kappa shape index (κ1) is 14.3. The molecule has 2 unspecified atom stereocenters. The van der Waals surface area contributed by atoms with Crippen LogP contribution in [0.15, 0.2) is 30.5 Å². The summed E-state index contributed by atoms with van der Waals surface area (Å²) in [6.45, 7) is 6.41. The van der Waals surface area contributed by atoms with Gasteiger partial charge in [0.25, 0.3) is 0 Å². The molecule has 3 heteroatoms. The van der Waals surface area contributed by atoms with E-state index in [1.54, 1.807) is 0 Å². The summed E-state index contributed by atoms with van der Waals surface area (Å²) in [6.07, 6.45) is 5.44. The first-order valence-electron chi connectivity index (χ1n) is 7.88. The van der Waals surface area contributed by atoms with E-state index in [0.29, 0.717) is 12.5 Å². The highest BCUT2D eigenvalue weighted by atomic mass is 16.3. The topological polar surface area (TPSA) is 38.0 Å². The van der Waals surface area contributed by atoms with Crippen molar-refractivity contribution < 1.29 is 5.11 Å². The van der Waals surface area contributed by atoms with Crippen molar-refractivity contribution in [3.05, 3.63) is 52.8 Å². The SMILES string of the molecule is CCC(C)n1ccc(CC2(O)CCc3ccc(C)cc32)n1. The zero-order valence-corrected chi connectivity index (χ0v) is 13.1. The predicted octanol–water partition coefficient (Wildman–Crippen LogP) is 3.54. The Morgan fingerprint density at radius 2 is 2.19 bits per heavy atom. The maximum absolute atomic E-state index is 11.1. The maximum Gasteiger partial charge on any atom is 0.0958 e. The van der Waals surface area contributed by atoms with Crippen LogP contribution in [0.3, 0.4) is 0 Å². The van der Waals surface area contributed by atoms with Gasteiger partial charge in [-0.25, -0.2) is 0 Å². The summed E-state index contributed by atoms with van der Waals surface area (Å²) < 4.78 is 2.00. The molecule has 0 bridgehead atoms. The molecule has 1 aliphatic carbocycles. The number of aryl methyl sites for hydroxylation is 2. The van der Waals surface area contributed by atoms with Crippen LogP contribution in [0.25, 0.3) is 0 Å². The summed E-state index contributed by atoms with van der Waals surface area (Å²) in [5.74, 6) is 0. The Morgan fingerprint density at radius 1 is 1.38 bits per heavy atom. The molecule has 0 saturated heterocycles. The Hall–Kier alpha value is -1.61. The van der Waals surface area contributed by atoms with E-state index in [4.69, 9.17) is 0 Å². The maximum atomic E-state index is 11.1. The van der Waals surface area contributed by atoms with Crippen molar-refractivity contribution in [2.45, 2.75) is 58.1 Å².